The quantitative estimate of drug-likeness (QED) is 0.787. The smallest absolute Gasteiger partial charge is 0.269 e. The Morgan fingerprint density at radius 2 is 2.27 bits per heavy atom. The fraction of sp³-hybridized carbons (Fsp3) is 0.231. The number of nitrogens with zero attached hydrogens (tertiary/aromatic N) is 4. The maximum absolute atomic E-state index is 12.0. The molecular weight excluding hydrogens is 310 g/mol. The zero-order valence-electron chi connectivity index (χ0n) is 11.8. The lowest BCUT2D eigenvalue weighted by Crippen LogP contribution is -2.35. The average molecular weight is 322 g/mol. The summed E-state index contributed by atoms with van der Waals surface area (Å²) in [7, 11) is 0. The second-order valence-corrected chi connectivity index (χ2v) is 5.09. The Labute approximate surface area is 129 Å². The summed E-state index contributed by atoms with van der Waals surface area (Å²) in [4.78, 5) is 18.7. The van der Waals surface area contributed by atoms with Gasteiger partial charge in [-0.3, -0.25) is 4.79 Å². The molecule has 0 bridgehead atoms. The van der Waals surface area contributed by atoms with Gasteiger partial charge >= 0.3 is 0 Å². The first-order valence-corrected chi connectivity index (χ1v) is 6.83. The van der Waals surface area contributed by atoms with Crippen molar-refractivity contribution in [2.45, 2.75) is 20.0 Å². The molecule has 0 aliphatic rings. The van der Waals surface area contributed by atoms with E-state index in [1.54, 1.807) is 38.1 Å². The number of halogens is 1. The zero-order chi connectivity index (χ0) is 15.7. The lowest BCUT2D eigenvalue weighted by atomic mass is 10.3. The van der Waals surface area contributed by atoms with E-state index in [1.165, 1.54) is 4.85 Å². The third-order valence-electron chi connectivity index (χ3n) is 2.88. The van der Waals surface area contributed by atoms with Crippen LogP contribution in [0.15, 0.2) is 28.8 Å². The van der Waals surface area contributed by atoms with Crippen LogP contribution in [-0.2, 0) is 4.79 Å². The SMILES string of the molecule is Cc1cc(NC(=O)C(C)On2nnc3ccc(Cl)cc32)no1. The van der Waals surface area contributed by atoms with Crippen molar-refractivity contribution in [1.82, 2.24) is 20.3 Å². The van der Waals surface area contributed by atoms with Crippen molar-refractivity contribution >= 4 is 34.4 Å². The summed E-state index contributed by atoms with van der Waals surface area (Å²) in [5.41, 5.74) is 1.19. The molecule has 2 heterocycles. The summed E-state index contributed by atoms with van der Waals surface area (Å²) in [6.07, 6.45) is -0.819. The molecule has 1 N–H and O–H groups in total. The van der Waals surface area contributed by atoms with Gasteiger partial charge in [-0.2, -0.15) is 0 Å². The van der Waals surface area contributed by atoms with E-state index in [0.717, 1.165) is 0 Å². The molecule has 9 heteroatoms. The fourth-order valence-electron chi connectivity index (χ4n) is 1.80. The van der Waals surface area contributed by atoms with E-state index < -0.39 is 6.10 Å². The first kappa shape index (κ1) is 14.3. The van der Waals surface area contributed by atoms with E-state index in [-0.39, 0.29) is 5.91 Å². The van der Waals surface area contributed by atoms with Crippen LogP contribution in [0, 0.1) is 6.92 Å². The Kier molecular flexibility index (Phi) is 3.68. The molecule has 1 amide bonds. The summed E-state index contributed by atoms with van der Waals surface area (Å²) in [6, 6.07) is 6.68. The van der Waals surface area contributed by atoms with Crippen molar-refractivity contribution in [1.29, 1.82) is 0 Å². The molecule has 0 radical (unpaired) electrons. The highest BCUT2D eigenvalue weighted by molar-refractivity contribution is 6.31. The molecule has 0 spiro atoms. The molecule has 0 saturated heterocycles. The number of aromatic nitrogens is 4. The lowest BCUT2D eigenvalue weighted by molar-refractivity contribution is -0.127. The van der Waals surface area contributed by atoms with Gasteiger partial charge in [0.1, 0.15) is 16.8 Å². The van der Waals surface area contributed by atoms with Crippen LogP contribution >= 0.6 is 11.6 Å². The van der Waals surface area contributed by atoms with E-state index in [9.17, 15) is 4.79 Å². The number of aryl methyl sites for hydroxylation is 1. The van der Waals surface area contributed by atoms with Crippen molar-refractivity contribution in [2.75, 3.05) is 5.32 Å². The van der Waals surface area contributed by atoms with Gasteiger partial charge in [0, 0.05) is 11.1 Å². The molecule has 0 aliphatic carbocycles. The van der Waals surface area contributed by atoms with Crippen molar-refractivity contribution in [3.63, 3.8) is 0 Å². The zero-order valence-corrected chi connectivity index (χ0v) is 12.5. The number of carbonyl (C=O) groups excluding carboxylic acids is 1. The summed E-state index contributed by atoms with van der Waals surface area (Å²) in [6.45, 7) is 3.31. The van der Waals surface area contributed by atoms with Crippen LogP contribution in [0.3, 0.4) is 0 Å². The molecule has 0 fully saturated rings. The molecule has 0 saturated carbocycles. The topological polar surface area (TPSA) is 95.1 Å². The minimum absolute atomic E-state index is 0.324. The molecule has 1 atom stereocenters. The van der Waals surface area contributed by atoms with Gasteiger partial charge < -0.3 is 14.7 Å². The van der Waals surface area contributed by atoms with Crippen LogP contribution in [-0.4, -0.2) is 32.3 Å². The van der Waals surface area contributed by atoms with E-state index in [0.29, 0.717) is 27.6 Å². The molecule has 1 unspecified atom stereocenters. The summed E-state index contributed by atoms with van der Waals surface area (Å²) in [5, 5.41) is 14.6. The number of rotatable bonds is 4. The predicted molar refractivity (Wildman–Crippen MR) is 78.4 cm³/mol. The lowest BCUT2D eigenvalue weighted by Gasteiger charge is -2.12. The van der Waals surface area contributed by atoms with E-state index >= 15 is 0 Å². The molecule has 0 aliphatic heterocycles. The normalized spacial score (nSPS) is 12.3. The highest BCUT2D eigenvalue weighted by atomic mass is 35.5. The molecule has 114 valence electrons. The van der Waals surface area contributed by atoms with Gasteiger partial charge in [0.05, 0.1) is 0 Å². The van der Waals surface area contributed by atoms with Gasteiger partial charge in [-0.05, 0) is 37.3 Å². The van der Waals surface area contributed by atoms with Gasteiger partial charge in [0.2, 0.25) is 6.10 Å². The standard InChI is InChI=1S/C13H12ClN5O3/c1-7-5-12(17-21-7)15-13(20)8(2)22-19-11-6-9(14)3-4-10(11)16-18-19/h3-6,8H,1-2H3,(H,15,17,20). The number of hydrogen-bond acceptors (Lipinski definition) is 6. The molecule has 22 heavy (non-hydrogen) atoms. The predicted octanol–water partition coefficient (Wildman–Crippen LogP) is 1.84. The van der Waals surface area contributed by atoms with Gasteiger partial charge in [0.15, 0.2) is 5.82 Å². The number of benzene rings is 1. The van der Waals surface area contributed by atoms with Crippen molar-refractivity contribution in [2.24, 2.45) is 0 Å². The van der Waals surface area contributed by atoms with Crippen LogP contribution in [0.1, 0.15) is 12.7 Å². The van der Waals surface area contributed by atoms with Gasteiger partial charge in [-0.1, -0.05) is 21.6 Å². The minimum atomic E-state index is -0.819. The van der Waals surface area contributed by atoms with E-state index in [4.69, 9.17) is 21.0 Å². The van der Waals surface area contributed by atoms with Crippen LogP contribution < -0.4 is 10.2 Å². The molecular formula is C13H12ClN5O3. The van der Waals surface area contributed by atoms with Gasteiger partial charge in [0.25, 0.3) is 5.91 Å². The largest absolute Gasteiger partial charge is 0.382 e. The molecule has 1 aromatic carbocycles. The number of carbonyl (C=O) groups is 1. The number of amides is 1. The highest BCUT2D eigenvalue weighted by Crippen LogP contribution is 2.16. The molecule has 3 rings (SSSR count). The Morgan fingerprint density at radius 3 is 3.00 bits per heavy atom. The number of nitrogens with one attached hydrogen (secondary N) is 1. The number of fused-ring (bicyclic) bond motifs is 1. The Morgan fingerprint density at radius 1 is 1.45 bits per heavy atom. The first-order chi connectivity index (χ1) is 10.5. The summed E-state index contributed by atoms with van der Waals surface area (Å²) < 4.78 is 4.87. The fourth-order valence-corrected chi connectivity index (χ4v) is 1.97. The Hall–Kier alpha value is -2.61. The van der Waals surface area contributed by atoms with Crippen molar-refractivity contribution < 1.29 is 14.2 Å². The third kappa shape index (κ3) is 2.86. The van der Waals surface area contributed by atoms with Crippen molar-refractivity contribution in [3.8, 4) is 0 Å². The van der Waals surface area contributed by atoms with Crippen molar-refractivity contribution in [3.05, 3.63) is 35.0 Å². The van der Waals surface area contributed by atoms with Crippen LogP contribution in [0.5, 0.6) is 0 Å². The minimum Gasteiger partial charge on any atom is -0.382 e. The number of anilines is 1. The Bertz CT molecular complexity index is 828. The average Bonchev–Trinajstić information content (AvgIpc) is 3.05. The Balaban J connectivity index is 1.73. The maximum Gasteiger partial charge on any atom is 0.269 e. The molecule has 3 aromatic rings. The second kappa shape index (κ2) is 5.64. The summed E-state index contributed by atoms with van der Waals surface area (Å²) >= 11 is 5.93. The van der Waals surface area contributed by atoms with Gasteiger partial charge in [-0.15, -0.1) is 5.10 Å². The van der Waals surface area contributed by atoms with Crippen LogP contribution in [0.25, 0.3) is 11.0 Å². The molecule has 2 aromatic heterocycles. The number of hydrogen-bond donors (Lipinski definition) is 1. The second-order valence-electron chi connectivity index (χ2n) is 4.66. The highest BCUT2D eigenvalue weighted by Gasteiger charge is 2.18. The van der Waals surface area contributed by atoms with E-state index in [1.807, 2.05) is 0 Å². The first-order valence-electron chi connectivity index (χ1n) is 6.45. The third-order valence-corrected chi connectivity index (χ3v) is 3.12. The van der Waals surface area contributed by atoms with E-state index in [2.05, 4.69) is 20.8 Å². The molecule has 8 nitrogen and oxygen atoms in total. The monoisotopic (exact) mass is 321 g/mol. The summed E-state index contributed by atoms with van der Waals surface area (Å²) in [5.74, 6) is 0.532. The van der Waals surface area contributed by atoms with Gasteiger partial charge in [-0.25, -0.2) is 0 Å². The van der Waals surface area contributed by atoms with Crippen LogP contribution in [0.4, 0.5) is 5.82 Å². The maximum atomic E-state index is 12.0. The van der Waals surface area contributed by atoms with Crippen LogP contribution in [0.2, 0.25) is 5.02 Å².